The average Bonchev–Trinajstić information content (AvgIpc) is 2.19. The van der Waals surface area contributed by atoms with E-state index in [9.17, 15) is 4.79 Å². The Labute approximate surface area is 121 Å². The van der Waals surface area contributed by atoms with Crippen molar-refractivity contribution in [1.29, 1.82) is 0 Å². The predicted octanol–water partition coefficient (Wildman–Crippen LogP) is 1.86. The monoisotopic (exact) mass is 237 g/mol. The second kappa shape index (κ2) is 7.70. The number of carboxylic acid groups (broad SMARTS) is 1. The number of rotatable bonds is 5. The molecule has 0 aromatic heterocycles. The second-order valence-corrected chi connectivity index (χ2v) is 4.53. The van der Waals surface area contributed by atoms with E-state index < -0.39 is 5.97 Å². The van der Waals surface area contributed by atoms with Gasteiger partial charge in [-0.3, -0.25) is 9.69 Å². The Hall–Kier alpha value is 0.430. The van der Waals surface area contributed by atoms with Crippen molar-refractivity contribution in [3.63, 3.8) is 0 Å². The Balaban J connectivity index is 0.00000225. The third-order valence-corrected chi connectivity index (χ3v) is 3.70. The van der Waals surface area contributed by atoms with Crippen molar-refractivity contribution in [2.24, 2.45) is 0 Å². The van der Waals surface area contributed by atoms with E-state index in [0.29, 0.717) is 6.42 Å². The molecule has 0 amide bonds. The van der Waals surface area contributed by atoms with Gasteiger partial charge in [-0.1, -0.05) is 33.1 Å². The number of nitrogens with zero attached hydrogens (tertiary/aromatic N) is 1. The first kappa shape index (κ1) is 16.4. The molecule has 1 aliphatic rings. The molecule has 0 aromatic rings. The molecule has 4 heteroatoms. The molecule has 16 heavy (non-hydrogen) atoms. The van der Waals surface area contributed by atoms with Crippen molar-refractivity contribution in [3.8, 4) is 0 Å². The Kier molecular flexibility index (Phi) is 7.90. The number of carbonyl (C=O) groups is 1. The summed E-state index contributed by atoms with van der Waals surface area (Å²) in [7, 11) is 0. The van der Waals surface area contributed by atoms with Gasteiger partial charge in [0.2, 0.25) is 0 Å². The van der Waals surface area contributed by atoms with E-state index in [1.807, 2.05) is 0 Å². The van der Waals surface area contributed by atoms with E-state index in [1.165, 1.54) is 19.3 Å². The molecule has 3 nitrogen and oxygen atoms in total. The van der Waals surface area contributed by atoms with Crippen LogP contribution < -0.4 is 0 Å². The average molecular weight is 237 g/mol. The van der Waals surface area contributed by atoms with Crippen LogP contribution >= 0.6 is 0 Å². The van der Waals surface area contributed by atoms with Gasteiger partial charge in [0.15, 0.2) is 0 Å². The molecule has 0 heterocycles. The fraction of sp³-hybridized carbons (Fsp3) is 0.917. The van der Waals surface area contributed by atoms with E-state index in [4.69, 9.17) is 5.11 Å². The summed E-state index contributed by atoms with van der Waals surface area (Å²) >= 11 is 0. The SMILES string of the molecule is CCN(CC)C1(CC(=O)O)CCCCC1.[NaH]. The number of hydrogen-bond donors (Lipinski definition) is 1. The van der Waals surface area contributed by atoms with Gasteiger partial charge in [0.25, 0.3) is 0 Å². The number of hydrogen-bond acceptors (Lipinski definition) is 2. The zero-order chi connectivity index (χ0) is 11.3. The molecule has 0 saturated heterocycles. The van der Waals surface area contributed by atoms with Crippen molar-refractivity contribution < 1.29 is 9.90 Å². The molecule has 0 bridgehead atoms. The maximum absolute atomic E-state index is 11.0. The molecule has 0 aliphatic heterocycles. The Morgan fingerprint density at radius 3 is 2.06 bits per heavy atom. The zero-order valence-electron chi connectivity index (χ0n) is 9.96. The van der Waals surface area contributed by atoms with Crippen LogP contribution in [-0.2, 0) is 4.79 Å². The molecule has 1 fully saturated rings. The van der Waals surface area contributed by atoms with Crippen LogP contribution in [0.5, 0.6) is 0 Å². The van der Waals surface area contributed by atoms with Crippen LogP contribution in [0.3, 0.4) is 0 Å². The summed E-state index contributed by atoms with van der Waals surface area (Å²) in [6.45, 7) is 6.18. The standard InChI is InChI=1S/C12H23NO2.Na.H/c1-3-13(4-2)12(10-11(14)15)8-6-5-7-9-12;;/h3-10H2,1-2H3,(H,14,15);;. The third kappa shape index (κ3) is 4.02. The minimum atomic E-state index is -0.649. The van der Waals surface area contributed by atoms with Crippen molar-refractivity contribution in [2.75, 3.05) is 13.1 Å². The Morgan fingerprint density at radius 2 is 1.69 bits per heavy atom. The van der Waals surface area contributed by atoms with Gasteiger partial charge in [-0.25, -0.2) is 0 Å². The van der Waals surface area contributed by atoms with E-state index in [2.05, 4.69) is 18.7 Å². The molecule has 1 rings (SSSR count). The van der Waals surface area contributed by atoms with E-state index in [0.717, 1.165) is 25.9 Å². The van der Waals surface area contributed by atoms with E-state index in [1.54, 1.807) is 0 Å². The van der Waals surface area contributed by atoms with Crippen molar-refractivity contribution in [1.82, 2.24) is 4.90 Å². The normalized spacial score (nSPS) is 19.2. The summed E-state index contributed by atoms with van der Waals surface area (Å²) in [5, 5.41) is 9.04. The molecule has 1 aliphatic carbocycles. The van der Waals surface area contributed by atoms with Crippen LogP contribution in [0.25, 0.3) is 0 Å². The molecule has 1 N–H and O–H groups in total. The molecule has 1 saturated carbocycles. The first-order chi connectivity index (χ1) is 7.14. The molecule has 0 unspecified atom stereocenters. The van der Waals surface area contributed by atoms with Crippen molar-refractivity contribution >= 4 is 35.5 Å². The van der Waals surface area contributed by atoms with Gasteiger partial charge in [-0.2, -0.15) is 0 Å². The van der Waals surface area contributed by atoms with Gasteiger partial charge in [0.1, 0.15) is 0 Å². The maximum atomic E-state index is 11.0. The summed E-state index contributed by atoms with van der Waals surface area (Å²) in [6.07, 6.45) is 6.06. The number of carboxylic acids is 1. The van der Waals surface area contributed by atoms with Crippen LogP contribution in [0.4, 0.5) is 0 Å². The summed E-state index contributed by atoms with van der Waals surface area (Å²) < 4.78 is 0. The molecule has 0 atom stereocenters. The second-order valence-electron chi connectivity index (χ2n) is 4.53. The topological polar surface area (TPSA) is 40.5 Å². The first-order valence-electron chi connectivity index (χ1n) is 6.11. The first-order valence-corrected chi connectivity index (χ1v) is 6.11. The van der Waals surface area contributed by atoms with Gasteiger partial charge in [0, 0.05) is 5.54 Å². The summed E-state index contributed by atoms with van der Waals surface area (Å²) in [5.74, 6) is -0.649. The fourth-order valence-corrected chi connectivity index (χ4v) is 2.99. The van der Waals surface area contributed by atoms with Crippen molar-refractivity contribution in [2.45, 2.75) is 57.9 Å². The third-order valence-electron chi connectivity index (χ3n) is 3.70. The van der Waals surface area contributed by atoms with Gasteiger partial charge in [-0.05, 0) is 25.9 Å². The molecular weight excluding hydrogens is 213 g/mol. The molecule has 0 radical (unpaired) electrons. The van der Waals surface area contributed by atoms with Gasteiger partial charge < -0.3 is 5.11 Å². The quantitative estimate of drug-likeness (QED) is 0.742. The van der Waals surface area contributed by atoms with Crippen LogP contribution in [-0.4, -0.2) is 64.2 Å². The van der Waals surface area contributed by atoms with Crippen LogP contribution in [0.2, 0.25) is 0 Å². The molecule has 90 valence electrons. The zero-order valence-corrected chi connectivity index (χ0v) is 9.96. The van der Waals surface area contributed by atoms with Gasteiger partial charge in [-0.15, -0.1) is 0 Å². The summed E-state index contributed by atoms with van der Waals surface area (Å²) in [5.41, 5.74) is -0.0480. The van der Waals surface area contributed by atoms with Gasteiger partial charge >= 0.3 is 35.5 Å². The Morgan fingerprint density at radius 1 is 1.19 bits per heavy atom. The van der Waals surface area contributed by atoms with E-state index in [-0.39, 0.29) is 35.1 Å². The molecular formula is C12H24NNaO2. The molecule has 0 aromatic carbocycles. The number of aliphatic carboxylic acids is 1. The van der Waals surface area contributed by atoms with Crippen LogP contribution in [0, 0.1) is 0 Å². The fourth-order valence-electron chi connectivity index (χ4n) is 2.99. The minimum absolute atomic E-state index is 0. The summed E-state index contributed by atoms with van der Waals surface area (Å²) in [6, 6.07) is 0. The van der Waals surface area contributed by atoms with Crippen LogP contribution in [0.15, 0.2) is 0 Å². The molecule has 0 spiro atoms. The van der Waals surface area contributed by atoms with E-state index >= 15 is 0 Å². The Bertz CT molecular complexity index is 211. The van der Waals surface area contributed by atoms with Crippen LogP contribution in [0.1, 0.15) is 52.4 Å². The van der Waals surface area contributed by atoms with Crippen molar-refractivity contribution in [3.05, 3.63) is 0 Å². The summed E-state index contributed by atoms with van der Waals surface area (Å²) in [4.78, 5) is 13.3. The predicted molar refractivity (Wildman–Crippen MR) is 68.1 cm³/mol. The van der Waals surface area contributed by atoms with Gasteiger partial charge in [0.05, 0.1) is 6.42 Å².